The molecule has 118 valence electrons. The van der Waals surface area contributed by atoms with Crippen molar-refractivity contribution < 1.29 is 10.0 Å². The van der Waals surface area contributed by atoms with Crippen molar-refractivity contribution in [3.05, 3.63) is 35.4 Å². The van der Waals surface area contributed by atoms with Crippen LogP contribution in [0.4, 0.5) is 0 Å². The van der Waals surface area contributed by atoms with E-state index in [9.17, 15) is 4.79 Å². The Bertz CT molecular complexity index is 566. The molecular weight excluding hydrogens is 278 g/mol. The highest BCUT2D eigenvalue weighted by Crippen LogP contribution is 2.27. The first-order valence-electron chi connectivity index (χ1n) is 7.52. The molecule has 22 heavy (non-hydrogen) atoms. The molecule has 5 nitrogen and oxygen atoms in total. The Morgan fingerprint density at radius 1 is 1.36 bits per heavy atom. The second-order valence-corrected chi connectivity index (χ2v) is 5.67. The fourth-order valence-corrected chi connectivity index (χ4v) is 2.14. The second-order valence-electron chi connectivity index (χ2n) is 5.67. The zero-order valence-electron chi connectivity index (χ0n) is 13.3. The smallest absolute Gasteiger partial charge is 0.253 e. The Balaban J connectivity index is 2.03. The minimum absolute atomic E-state index is 0.0929. The summed E-state index contributed by atoms with van der Waals surface area (Å²) < 4.78 is 0. The van der Waals surface area contributed by atoms with Gasteiger partial charge in [-0.1, -0.05) is 11.8 Å². The standard InChI is InChI=1S/C17H23N3O2/c1-12(16(18-2)19-22)20(3)17(21)15-10-8-14(9-11-15)7-6-13-4-5-13/h8-13,16,18-19,22H,4-5H2,1-3H3. The maximum absolute atomic E-state index is 12.5. The third-order valence-electron chi connectivity index (χ3n) is 3.99. The summed E-state index contributed by atoms with van der Waals surface area (Å²) in [6.45, 7) is 1.86. The summed E-state index contributed by atoms with van der Waals surface area (Å²) >= 11 is 0. The average Bonchev–Trinajstić information content (AvgIpc) is 3.37. The minimum atomic E-state index is -0.391. The molecule has 1 fully saturated rings. The predicted octanol–water partition coefficient (Wildman–Crippen LogP) is 1.43. The van der Waals surface area contributed by atoms with Crippen molar-refractivity contribution in [2.45, 2.75) is 32.0 Å². The van der Waals surface area contributed by atoms with E-state index in [0.717, 1.165) is 5.56 Å². The van der Waals surface area contributed by atoms with E-state index in [1.54, 1.807) is 31.1 Å². The van der Waals surface area contributed by atoms with Crippen LogP contribution in [0.15, 0.2) is 24.3 Å². The summed E-state index contributed by atoms with van der Waals surface area (Å²) in [7, 11) is 3.44. The lowest BCUT2D eigenvalue weighted by Crippen LogP contribution is -2.54. The predicted molar refractivity (Wildman–Crippen MR) is 85.4 cm³/mol. The minimum Gasteiger partial charge on any atom is -0.336 e. The molecule has 1 saturated carbocycles. The molecule has 0 bridgehead atoms. The number of nitrogens with zero attached hydrogens (tertiary/aromatic N) is 1. The van der Waals surface area contributed by atoms with Crippen LogP contribution in [0.5, 0.6) is 0 Å². The van der Waals surface area contributed by atoms with Crippen LogP contribution < -0.4 is 10.8 Å². The highest BCUT2D eigenvalue weighted by atomic mass is 16.5. The second kappa shape index (κ2) is 7.41. The molecule has 0 aromatic heterocycles. The summed E-state index contributed by atoms with van der Waals surface area (Å²) in [5.74, 6) is 6.81. The molecule has 1 aromatic rings. The molecule has 0 spiro atoms. The molecular formula is C17H23N3O2. The number of nitrogens with one attached hydrogen (secondary N) is 2. The van der Waals surface area contributed by atoms with E-state index in [1.807, 2.05) is 19.1 Å². The molecule has 0 radical (unpaired) electrons. The van der Waals surface area contributed by atoms with E-state index in [2.05, 4.69) is 22.6 Å². The fourth-order valence-electron chi connectivity index (χ4n) is 2.14. The van der Waals surface area contributed by atoms with Crippen molar-refractivity contribution in [3.63, 3.8) is 0 Å². The lowest BCUT2D eigenvalue weighted by Gasteiger charge is -2.30. The lowest BCUT2D eigenvalue weighted by atomic mass is 10.1. The molecule has 5 heteroatoms. The van der Waals surface area contributed by atoms with Crippen LogP contribution in [0.2, 0.25) is 0 Å². The summed E-state index contributed by atoms with van der Waals surface area (Å²) in [4.78, 5) is 14.1. The van der Waals surface area contributed by atoms with Gasteiger partial charge in [0.2, 0.25) is 0 Å². The molecule has 2 unspecified atom stereocenters. The van der Waals surface area contributed by atoms with Gasteiger partial charge in [0.05, 0.1) is 6.04 Å². The van der Waals surface area contributed by atoms with Crippen LogP contribution in [0, 0.1) is 17.8 Å². The number of amides is 1. The van der Waals surface area contributed by atoms with Gasteiger partial charge >= 0.3 is 0 Å². The monoisotopic (exact) mass is 301 g/mol. The van der Waals surface area contributed by atoms with Crippen molar-refractivity contribution in [2.75, 3.05) is 14.1 Å². The summed E-state index contributed by atoms with van der Waals surface area (Å²) in [6, 6.07) is 7.13. The van der Waals surface area contributed by atoms with E-state index in [-0.39, 0.29) is 11.9 Å². The summed E-state index contributed by atoms with van der Waals surface area (Å²) in [6.07, 6.45) is 2.02. The Hall–Kier alpha value is -1.87. The van der Waals surface area contributed by atoms with Crippen molar-refractivity contribution in [1.29, 1.82) is 0 Å². The van der Waals surface area contributed by atoms with Gasteiger partial charge in [-0.15, -0.1) is 0 Å². The number of carbonyl (C=O) groups is 1. The van der Waals surface area contributed by atoms with Gasteiger partial charge in [-0.05, 0) is 51.1 Å². The van der Waals surface area contributed by atoms with Crippen LogP contribution in [0.25, 0.3) is 0 Å². The molecule has 1 aromatic carbocycles. The van der Waals surface area contributed by atoms with Crippen LogP contribution in [-0.2, 0) is 0 Å². The third-order valence-corrected chi connectivity index (χ3v) is 3.99. The molecule has 0 saturated heterocycles. The molecule has 1 amide bonds. The van der Waals surface area contributed by atoms with E-state index in [1.165, 1.54) is 12.8 Å². The third kappa shape index (κ3) is 4.08. The number of hydrogen-bond acceptors (Lipinski definition) is 4. The van der Waals surface area contributed by atoms with Crippen LogP contribution in [0.3, 0.4) is 0 Å². The molecule has 1 aliphatic carbocycles. The fraction of sp³-hybridized carbons (Fsp3) is 0.471. The number of benzene rings is 1. The molecule has 0 aliphatic heterocycles. The first-order chi connectivity index (χ1) is 10.6. The van der Waals surface area contributed by atoms with Crippen molar-refractivity contribution in [1.82, 2.24) is 15.7 Å². The average molecular weight is 301 g/mol. The first-order valence-corrected chi connectivity index (χ1v) is 7.52. The van der Waals surface area contributed by atoms with Gasteiger partial charge in [-0.2, -0.15) is 5.48 Å². The van der Waals surface area contributed by atoms with Gasteiger partial charge in [-0.3, -0.25) is 4.79 Å². The van der Waals surface area contributed by atoms with Gasteiger partial charge < -0.3 is 15.4 Å². The lowest BCUT2D eigenvalue weighted by molar-refractivity contribution is 0.0493. The van der Waals surface area contributed by atoms with Crippen molar-refractivity contribution in [3.8, 4) is 11.8 Å². The Morgan fingerprint density at radius 3 is 2.50 bits per heavy atom. The Morgan fingerprint density at radius 2 is 2.00 bits per heavy atom. The van der Waals surface area contributed by atoms with E-state index in [4.69, 9.17) is 5.21 Å². The van der Waals surface area contributed by atoms with Gasteiger partial charge in [0.1, 0.15) is 6.17 Å². The number of likely N-dealkylation sites (N-methyl/N-ethyl adjacent to an activating group) is 2. The molecule has 2 atom stereocenters. The Labute approximate surface area is 131 Å². The summed E-state index contributed by atoms with van der Waals surface area (Å²) in [5.41, 5.74) is 3.70. The maximum Gasteiger partial charge on any atom is 0.253 e. The SMILES string of the molecule is CNC(NO)C(C)N(C)C(=O)c1ccc(C#CC2CC2)cc1. The van der Waals surface area contributed by atoms with Crippen LogP contribution >= 0.6 is 0 Å². The van der Waals surface area contributed by atoms with E-state index < -0.39 is 6.17 Å². The summed E-state index contributed by atoms with van der Waals surface area (Å²) in [5, 5.41) is 12.0. The number of carbonyl (C=O) groups excluding carboxylic acids is 1. The van der Waals surface area contributed by atoms with Gasteiger partial charge in [-0.25, -0.2) is 0 Å². The molecule has 1 aliphatic rings. The first kappa shape index (κ1) is 16.5. The normalized spacial score (nSPS) is 16.4. The van der Waals surface area contributed by atoms with Gasteiger partial charge in [0, 0.05) is 24.1 Å². The number of rotatable bonds is 5. The molecule has 2 rings (SSSR count). The van der Waals surface area contributed by atoms with E-state index in [0.29, 0.717) is 11.5 Å². The topological polar surface area (TPSA) is 64.6 Å². The van der Waals surface area contributed by atoms with Crippen LogP contribution in [-0.4, -0.2) is 42.3 Å². The Kier molecular flexibility index (Phi) is 5.56. The highest BCUT2D eigenvalue weighted by molar-refractivity contribution is 5.94. The van der Waals surface area contributed by atoms with Crippen molar-refractivity contribution in [2.24, 2.45) is 5.92 Å². The number of hydrogen-bond donors (Lipinski definition) is 3. The van der Waals surface area contributed by atoms with Gasteiger partial charge in [0.25, 0.3) is 5.91 Å². The zero-order chi connectivity index (χ0) is 16.1. The number of hydroxylamine groups is 1. The largest absolute Gasteiger partial charge is 0.336 e. The van der Waals surface area contributed by atoms with Crippen LogP contribution in [0.1, 0.15) is 35.7 Å². The van der Waals surface area contributed by atoms with E-state index >= 15 is 0 Å². The molecule has 0 heterocycles. The highest BCUT2D eigenvalue weighted by Gasteiger charge is 2.23. The van der Waals surface area contributed by atoms with Gasteiger partial charge in [0.15, 0.2) is 0 Å². The molecule has 3 N–H and O–H groups in total. The maximum atomic E-state index is 12.5. The van der Waals surface area contributed by atoms with Crippen molar-refractivity contribution >= 4 is 5.91 Å². The zero-order valence-corrected chi connectivity index (χ0v) is 13.3. The quantitative estimate of drug-likeness (QED) is 0.437.